The fourth-order valence-electron chi connectivity index (χ4n) is 1.99. The molecule has 0 bridgehead atoms. The molecule has 0 rings (SSSR count). The van der Waals surface area contributed by atoms with Gasteiger partial charge in [0, 0.05) is 26.2 Å². The fourth-order valence-corrected chi connectivity index (χ4v) is 1.99. The molecule has 21 heavy (non-hydrogen) atoms. The van der Waals surface area contributed by atoms with Gasteiger partial charge in [0.25, 0.3) is 0 Å². The molecular formula is C15H30N2O4. The van der Waals surface area contributed by atoms with Crippen molar-refractivity contribution in [3.63, 3.8) is 0 Å². The molecule has 6 heteroatoms. The van der Waals surface area contributed by atoms with Gasteiger partial charge in [-0.2, -0.15) is 0 Å². The second-order valence-corrected chi connectivity index (χ2v) is 5.73. The van der Waals surface area contributed by atoms with Gasteiger partial charge in [0.05, 0.1) is 5.92 Å². The summed E-state index contributed by atoms with van der Waals surface area (Å²) in [6, 6.07) is -0.0591. The van der Waals surface area contributed by atoms with Crippen molar-refractivity contribution in [3.05, 3.63) is 0 Å². The SMILES string of the molecule is CC(CCCC(C)C(=O)O)NC(=O)N(C)CCCCCO. The van der Waals surface area contributed by atoms with Crippen LogP contribution in [0.5, 0.6) is 0 Å². The molecule has 0 aliphatic heterocycles. The van der Waals surface area contributed by atoms with E-state index in [-0.39, 0.29) is 24.6 Å². The molecule has 0 radical (unpaired) electrons. The van der Waals surface area contributed by atoms with Crippen LogP contribution in [0, 0.1) is 5.92 Å². The predicted octanol–water partition coefficient (Wildman–Crippen LogP) is 2.07. The van der Waals surface area contributed by atoms with Gasteiger partial charge in [0.15, 0.2) is 0 Å². The first-order chi connectivity index (χ1) is 9.88. The highest BCUT2D eigenvalue weighted by Crippen LogP contribution is 2.09. The maximum absolute atomic E-state index is 11.9. The van der Waals surface area contributed by atoms with E-state index in [0.717, 1.165) is 32.1 Å². The lowest BCUT2D eigenvalue weighted by molar-refractivity contribution is -0.141. The fraction of sp³-hybridized carbons (Fsp3) is 0.867. The number of aliphatic hydroxyl groups is 1. The number of urea groups is 1. The van der Waals surface area contributed by atoms with Crippen LogP contribution in [0.25, 0.3) is 0 Å². The van der Waals surface area contributed by atoms with Crippen LogP contribution in [0.4, 0.5) is 4.79 Å². The van der Waals surface area contributed by atoms with Crippen LogP contribution < -0.4 is 5.32 Å². The van der Waals surface area contributed by atoms with Crippen LogP contribution in [0.15, 0.2) is 0 Å². The van der Waals surface area contributed by atoms with Crippen molar-refractivity contribution >= 4 is 12.0 Å². The molecule has 2 atom stereocenters. The number of nitrogens with zero attached hydrogens (tertiary/aromatic N) is 1. The summed E-state index contributed by atoms with van der Waals surface area (Å²) in [6.07, 6.45) is 4.77. The van der Waals surface area contributed by atoms with Gasteiger partial charge in [-0.05, 0) is 39.0 Å². The predicted molar refractivity (Wildman–Crippen MR) is 82.2 cm³/mol. The molecule has 124 valence electrons. The maximum atomic E-state index is 11.9. The first-order valence-corrected chi connectivity index (χ1v) is 7.73. The average Bonchev–Trinajstić information content (AvgIpc) is 2.42. The van der Waals surface area contributed by atoms with Gasteiger partial charge in [-0.15, -0.1) is 0 Å². The van der Waals surface area contributed by atoms with E-state index in [4.69, 9.17) is 10.2 Å². The van der Waals surface area contributed by atoms with E-state index < -0.39 is 5.97 Å². The summed E-state index contributed by atoms with van der Waals surface area (Å²) in [5.41, 5.74) is 0. The smallest absolute Gasteiger partial charge is 0.317 e. The van der Waals surface area contributed by atoms with Gasteiger partial charge in [0.1, 0.15) is 0 Å². The highest BCUT2D eigenvalue weighted by Gasteiger charge is 2.14. The Balaban J connectivity index is 3.79. The number of nitrogens with one attached hydrogen (secondary N) is 1. The Morgan fingerprint density at radius 1 is 1.10 bits per heavy atom. The lowest BCUT2D eigenvalue weighted by Gasteiger charge is -2.21. The number of amides is 2. The van der Waals surface area contributed by atoms with E-state index >= 15 is 0 Å². The Kier molecular flexibility index (Phi) is 10.7. The van der Waals surface area contributed by atoms with E-state index in [2.05, 4.69) is 5.32 Å². The van der Waals surface area contributed by atoms with E-state index in [0.29, 0.717) is 13.0 Å². The minimum atomic E-state index is -0.769. The first kappa shape index (κ1) is 19.7. The first-order valence-electron chi connectivity index (χ1n) is 7.73. The Morgan fingerprint density at radius 2 is 1.76 bits per heavy atom. The molecular weight excluding hydrogens is 272 g/mol. The highest BCUT2D eigenvalue weighted by atomic mass is 16.4. The van der Waals surface area contributed by atoms with E-state index in [9.17, 15) is 9.59 Å². The van der Waals surface area contributed by atoms with Crippen molar-refractivity contribution in [2.24, 2.45) is 5.92 Å². The second-order valence-electron chi connectivity index (χ2n) is 5.73. The number of unbranched alkanes of at least 4 members (excludes halogenated alkanes) is 2. The van der Waals surface area contributed by atoms with Crippen molar-refractivity contribution in [1.29, 1.82) is 0 Å². The number of aliphatic hydroxyl groups excluding tert-OH is 1. The second kappa shape index (κ2) is 11.4. The van der Waals surface area contributed by atoms with Crippen LogP contribution in [0.2, 0.25) is 0 Å². The number of carbonyl (C=O) groups excluding carboxylic acids is 1. The van der Waals surface area contributed by atoms with Crippen LogP contribution >= 0.6 is 0 Å². The summed E-state index contributed by atoms with van der Waals surface area (Å²) in [7, 11) is 1.76. The highest BCUT2D eigenvalue weighted by molar-refractivity contribution is 5.74. The summed E-state index contributed by atoms with van der Waals surface area (Å²) in [6.45, 7) is 4.50. The Hall–Kier alpha value is -1.30. The van der Waals surface area contributed by atoms with Crippen LogP contribution in [0.3, 0.4) is 0 Å². The standard InChI is InChI=1S/C15H30N2O4/c1-12(14(19)20)8-7-9-13(2)16-15(21)17(3)10-5-4-6-11-18/h12-13,18H,4-11H2,1-3H3,(H,16,21)(H,19,20). The van der Waals surface area contributed by atoms with Gasteiger partial charge in [-0.1, -0.05) is 13.3 Å². The van der Waals surface area contributed by atoms with Crippen LogP contribution in [-0.4, -0.2) is 53.4 Å². The molecule has 0 aromatic heterocycles. The number of carbonyl (C=O) groups is 2. The molecule has 2 amide bonds. The molecule has 0 heterocycles. The molecule has 0 saturated carbocycles. The zero-order valence-electron chi connectivity index (χ0n) is 13.5. The maximum Gasteiger partial charge on any atom is 0.317 e. The zero-order valence-corrected chi connectivity index (χ0v) is 13.5. The molecule has 0 fully saturated rings. The number of carboxylic acid groups (broad SMARTS) is 1. The molecule has 0 spiro atoms. The number of rotatable bonds is 11. The third-order valence-electron chi connectivity index (χ3n) is 3.56. The Morgan fingerprint density at radius 3 is 2.33 bits per heavy atom. The van der Waals surface area contributed by atoms with E-state index in [1.54, 1.807) is 18.9 Å². The third kappa shape index (κ3) is 10.1. The topological polar surface area (TPSA) is 89.9 Å². The van der Waals surface area contributed by atoms with Crippen molar-refractivity contribution in [1.82, 2.24) is 10.2 Å². The van der Waals surface area contributed by atoms with Gasteiger partial charge in [-0.25, -0.2) is 4.79 Å². The average molecular weight is 302 g/mol. The largest absolute Gasteiger partial charge is 0.481 e. The quantitative estimate of drug-likeness (QED) is 0.510. The molecule has 3 N–H and O–H groups in total. The lowest BCUT2D eigenvalue weighted by atomic mass is 10.0. The minimum absolute atomic E-state index is 0.0402. The van der Waals surface area contributed by atoms with Crippen LogP contribution in [0.1, 0.15) is 52.4 Å². The molecule has 0 aliphatic rings. The Labute approximate surface area is 127 Å². The summed E-state index contributed by atoms with van der Waals surface area (Å²) in [5, 5.41) is 20.4. The van der Waals surface area contributed by atoms with E-state index in [1.807, 2.05) is 6.92 Å². The monoisotopic (exact) mass is 302 g/mol. The van der Waals surface area contributed by atoms with Crippen molar-refractivity contribution in [2.45, 2.75) is 58.4 Å². The molecule has 0 aliphatic carbocycles. The van der Waals surface area contributed by atoms with Gasteiger partial charge >= 0.3 is 12.0 Å². The minimum Gasteiger partial charge on any atom is -0.481 e. The Bertz CT molecular complexity index is 310. The van der Waals surface area contributed by atoms with Gasteiger partial charge < -0.3 is 20.4 Å². The number of hydrogen-bond donors (Lipinski definition) is 3. The molecule has 0 aromatic rings. The molecule has 0 aromatic carbocycles. The number of hydrogen-bond acceptors (Lipinski definition) is 3. The normalized spacial score (nSPS) is 13.5. The molecule has 0 saturated heterocycles. The van der Waals surface area contributed by atoms with Crippen molar-refractivity contribution in [3.8, 4) is 0 Å². The van der Waals surface area contributed by atoms with Crippen molar-refractivity contribution in [2.75, 3.05) is 20.2 Å². The third-order valence-corrected chi connectivity index (χ3v) is 3.56. The zero-order chi connectivity index (χ0) is 16.3. The molecule has 6 nitrogen and oxygen atoms in total. The lowest BCUT2D eigenvalue weighted by Crippen LogP contribution is -2.42. The van der Waals surface area contributed by atoms with E-state index in [1.165, 1.54) is 0 Å². The molecule has 2 unspecified atom stereocenters. The number of carboxylic acids is 1. The van der Waals surface area contributed by atoms with Gasteiger partial charge in [0.2, 0.25) is 0 Å². The van der Waals surface area contributed by atoms with Crippen molar-refractivity contribution < 1.29 is 19.8 Å². The summed E-state index contributed by atoms with van der Waals surface area (Å²) >= 11 is 0. The van der Waals surface area contributed by atoms with Crippen LogP contribution in [-0.2, 0) is 4.79 Å². The summed E-state index contributed by atoms with van der Waals surface area (Å²) < 4.78 is 0. The summed E-state index contributed by atoms with van der Waals surface area (Å²) in [5.74, 6) is -1.10. The summed E-state index contributed by atoms with van der Waals surface area (Å²) in [4.78, 5) is 24.2. The van der Waals surface area contributed by atoms with Gasteiger partial charge in [-0.3, -0.25) is 4.79 Å². The number of aliphatic carboxylic acids is 1.